The molecule has 1 aliphatic carbocycles. The van der Waals surface area contributed by atoms with Crippen molar-refractivity contribution < 1.29 is 9.90 Å². The molecule has 0 unspecified atom stereocenters. The number of tetrazole rings is 1. The number of aryl methyl sites for hydroxylation is 3. The summed E-state index contributed by atoms with van der Waals surface area (Å²) < 4.78 is 1.57. The molecule has 6 nitrogen and oxygen atoms in total. The number of aliphatic carboxylic acids is 1. The fourth-order valence-corrected chi connectivity index (χ4v) is 3.58. The van der Waals surface area contributed by atoms with Crippen LogP contribution in [0.1, 0.15) is 29.7 Å². The van der Waals surface area contributed by atoms with E-state index in [-0.39, 0.29) is 6.42 Å². The predicted molar refractivity (Wildman–Crippen MR) is 70.0 cm³/mol. The number of aromatic nitrogens is 4. The van der Waals surface area contributed by atoms with E-state index in [0.717, 1.165) is 17.7 Å². The molecule has 100 valence electrons. The summed E-state index contributed by atoms with van der Waals surface area (Å²) in [5.74, 6) is -0.160. The van der Waals surface area contributed by atoms with Crippen molar-refractivity contribution in [1.29, 1.82) is 0 Å². The molecule has 1 aliphatic rings. The molecule has 0 atom stereocenters. The minimum atomic E-state index is -0.841. The number of carboxylic acids is 1. The second-order valence-corrected chi connectivity index (χ2v) is 5.77. The average Bonchev–Trinajstić information content (AvgIpc) is 3.02. The molecule has 0 fully saturated rings. The van der Waals surface area contributed by atoms with Crippen molar-refractivity contribution in [2.45, 2.75) is 38.6 Å². The molecule has 2 aromatic heterocycles. The van der Waals surface area contributed by atoms with Gasteiger partial charge in [-0.05, 0) is 47.7 Å². The Hall–Kier alpha value is -1.76. The minimum absolute atomic E-state index is 0.0309. The molecular formula is C12H14N4O2S. The fraction of sp³-hybridized carbons (Fsp3) is 0.500. The normalized spacial score (nSPS) is 14.3. The lowest BCUT2D eigenvalue weighted by atomic mass is 9.99. The van der Waals surface area contributed by atoms with Gasteiger partial charge in [-0.3, -0.25) is 4.79 Å². The van der Waals surface area contributed by atoms with Crippen LogP contribution in [-0.4, -0.2) is 31.3 Å². The van der Waals surface area contributed by atoms with Gasteiger partial charge in [-0.1, -0.05) is 0 Å². The molecule has 0 amide bonds. The summed E-state index contributed by atoms with van der Waals surface area (Å²) in [4.78, 5) is 13.1. The number of nitrogens with zero attached hydrogens (tertiary/aromatic N) is 4. The first-order valence-corrected chi connectivity index (χ1v) is 7.15. The van der Waals surface area contributed by atoms with Gasteiger partial charge in [0.2, 0.25) is 0 Å². The highest BCUT2D eigenvalue weighted by Gasteiger charge is 2.18. The van der Waals surface area contributed by atoms with Gasteiger partial charge in [0.05, 0.1) is 17.8 Å². The first kappa shape index (κ1) is 12.3. The van der Waals surface area contributed by atoms with Crippen molar-refractivity contribution in [1.82, 2.24) is 20.2 Å². The summed E-state index contributed by atoms with van der Waals surface area (Å²) in [7, 11) is 0. The van der Waals surface area contributed by atoms with E-state index in [1.807, 2.05) is 0 Å². The van der Waals surface area contributed by atoms with Crippen LogP contribution in [0.25, 0.3) is 10.7 Å². The maximum absolute atomic E-state index is 10.6. The van der Waals surface area contributed by atoms with Gasteiger partial charge in [0.25, 0.3) is 0 Å². The van der Waals surface area contributed by atoms with Crippen LogP contribution in [0.4, 0.5) is 0 Å². The fourth-order valence-electron chi connectivity index (χ4n) is 2.33. The Morgan fingerprint density at radius 2 is 2.26 bits per heavy atom. The van der Waals surface area contributed by atoms with Gasteiger partial charge in [0, 0.05) is 4.88 Å². The number of rotatable bonds is 4. The Morgan fingerprint density at radius 3 is 3.05 bits per heavy atom. The summed E-state index contributed by atoms with van der Waals surface area (Å²) in [6, 6.07) is 2.15. The molecule has 0 aromatic carbocycles. The monoisotopic (exact) mass is 278 g/mol. The minimum Gasteiger partial charge on any atom is -0.481 e. The van der Waals surface area contributed by atoms with Crippen LogP contribution >= 0.6 is 11.3 Å². The van der Waals surface area contributed by atoms with Gasteiger partial charge in [-0.2, -0.15) is 0 Å². The maximum atomic E-state index is 10.6. The zero-order valence-electron chi connectivity index (χ0n) is 10.4. The van der Waals surface area contributed by atoms with Gasteiger partial charge < -0.3 is 5.11 Å². The van der Waals surface area contributed by atoms with E-state index in [9.17, 15) is 4.79 Å². The van der Waals surface area contributed by atoms with E-state index in [1.165, 1.54) is 23.3 Å². The molecule has 2 heterocycles. The van der Waals surface area contributed by atoms with Crippen LogP contribution in [0, 0.1) is 0 Å². The molecule has 3 rings (SSSR count). The largest absolute Gasteiger partial charge is 0.481 e. The van der Waals surface area contributed by atoms with Crippen molar-refractivity contribution in [3.63, 3.8) is 0 Å². The quantitative estimate of drug-likeness (QED) is 0.921. The number of fused-ring (bicyclic) bond motifs is 1. The molecule has 0 radical (unpaired) electrons. The SMILES string of the molecule is O=C(O)CCn1nnnc1-c1cc2c(s1)CCCC2. The van der Waals surface area contributed by atoms with Crippen LogP contribution < -0.4 is 0 Å². The van der Waals surface area contributed by atoms with Crippen LogP contribution in [0.5, 0.6) is 0 Å². The van der Waals surface area contributed by atoms with Crippen molar-refractivity contribution in [2.24, 2.45) is 0 Å². The van der Waals surface area contributed by atoms with Gasteiger partial charge in [-0.15, -0.1) is 16.4 Å². The van der Waals surface area contributed by atoms with E-state index in [2.05, 4.69) is 21.6 Å². The van der Waals surface area contributed by atoms with Gasteiger partial charge in [-0.25, -0.2) is 4.68 Å². The maximum Gasteiger partial charge on any atom is 0.305 e. The third kappa shape index (κ3) is 2.51. The van der Waals surface area contributed by atoms with Crippen molar-refractivity contribution in [2.75, 3.05) is 0 Å². The lowest BCUT2D eigenvalue weighted by Crippen LogP contribution is -2.07. The zero-order valence-corrected chi connectivity index (χ0v) is 11.2. The van der Waals surface area contributed by atoms with Crippen molar-refractivity contribution >= 4 is 17.3 Å². The van der Waals surface area contributed by atoms with E-state index >= 15 is 0 Å². The molecule has 7 heteroatoms. The first-order chi connectivity index (χ1) is 9.24. The molecule has 19 heavy (non-hydrogen) atoms. The Labute approximate surface area is 114 Å². The molecule has 1 N–H and O–H groups in total. The summed E-state index contributed by atoms with van der Waals surface area (Å²) in [6.07, 6.45) is 4.78. The average molecular weight is 278 g/mol. The topological polar surface area (TPSA) is 80.9 Å². The van der Waals surface area contributed by atoms with Crippen LogP contribution in [0.15, 0.2) is 6.07 Å². The molecule has 2 aromatic rings. The second kappa shape index (κ2) is 5.08. The molecule has 0 saturated carbocycles. The number of carboxylic acid groups (broad SMARTS) is 1. The number of carbonyl (C=O) groups is 1. The van der Waals surface area contributed by atoms with Crippen LogP contribution in [0.2, 0.25) is 0 Å². The smallest absolute Gasteiger partial charge is 0.305 e. The standard InChI is InChI=1S/C12H14N4O2S/c17-11(18)5-6-16-12(13-14-15-16)10-7-8-3-1-2-4-9(8)19-10/h7H,1-6H2,(H,17,18). The molecular weight excluding hydrogens is 264 g/mol. The summed E-state index contributed by atoms with van der Waals surface area (Å²) in [5, 5.41) is 20.3. The van der Waals surface area contributed by atoms with Gasteiger partial charge in [0.15, 0.2) is 5.82 Å². The lowest BCUT2D eigenvalue weighted by Gasteiger charge is -2.08. The third-order valence-electron chi connectivity index (χ3n) is 3.29. The highest BCUT2D eigenvalue weighted by molar-refractivity contribution is 7.15. The Kier molecular flexibility index (Phi) is 3.29. The van der Waals surface area contributed by atoms with Gasteiger partial charge >= 0.3 is 5.97 Å². The first-order valence-electron chi connectivity index (χ1n) is 6.34. The molecule has 0 aliphatic heterocycles. The molecule has 0 bridgehead atoms. The summed E-state index contributed by atoms with van der Waals surface area (Å²) in [5.41, 5.74) is 1.40. The van der Waals surface area contributed by atoms with E-state index in [4.69, 9.17) is 5.11 Å². The van der Waals surface area contributed by atoms with Crippen molar-refractivity contribution in [3.8, 4) is 10.7 Å². The third-order valence-corrected chi connectivity index (χ3v) is 4.52. The molecule has 0 saturated heterocycles. The highest BCUT2D eigenvalue weighted by atomic mass is 32.1. The van der Waals surface area contributed by atoms with E-state index in [0.29, 0.717) is 12.4 Å². The number of thiophene rings is 1. The lowest BCUT2D eigenvalue weighted by molar-refractivity contribution is -0.137. The van der Waals surface area contributed by atoms with Gasteiger partial charge in [0.1, 0.15) is 0 Å². The van der Waals surface area contributed by atoms with Crippen LogP contribution in [0.3, 0.4) is 0 Å². The Balaban J connectivity index is 1.87. The Morgan fingerprint density at radius 1 is 1.42 bits per heavy atom. The van der Waals surface area contributed by atoms with E-state index < -0.39 is 5.97 Å². The molecule has 0 spiro atoms. The second-order valence-electron chi connectivity index (χ2n) is 4.64. The summed E-state index contributed by atoms with van der Waals surface area (Å²) >= 11 is 1.73. The van der Waals surface area contributed by atoms with Crippen molar-refractivity contribution in [3.05, 3.63) is 16.5 Å². The number of hydrogen-bond acceptors (Lipinski definition) is 5. The number of hydrogen-bond donors (Lipinski definition) is 1. The van der Waals surface area contributed by atoms with Crippen LogP contribution in [-0.2, 0) is 24.2 Å². The highest BCUT2D eigenvalue weighted by Crippen LogP contribution is 2.34. The predicted octanol–water partition coefficient (Wildman–Crippen LogP) is 1.76. The summed E-state index contributed by atoms with van der Waals surface area (Å²) in [6.45, 7) is 0.306. The van der Waals surface area contributed by atoms with E-state index in [1.54, 1.807) is 16.0 Å². The Bertz CT molecular complexity index is 581. The zero-order chi connectivity index (χ0) is 13.2.